The predicted molar refractivity (Wildman–Crippen MR) is 65.6 cm³/mol. The quantitative estimate of drug-likeness (QED) is 0.462. The lowest BCUT2D eigenvalue weighted by Crippen LogP contribution is -1.68. The Bertz CT molecular complexity index is 807. The molecule has 2 aromatic heterocycles. The van der Waals surface area contributed by atoms with Gasteiger partial charge in [-0.2, -0.15) is 0 Å². The molecule has 0 aliphatic carbocycles. The molecule has 0 radical (unpaired) electrons. The molecule has 2 aromatic carbocycles. The smallest absolute Gasteiger partial charge is 0.100 e. The van der Waals surface area contributed by atoms with Gasteiger partial charge >= 0.3 is 0 Å². The van der Waals surface area contributed by atoms with Crippen LogP contribution in [0.5, 0.6) is 0 Å². The minimum absolute atomic E-state index is 1.14. The molecule has 0 saturated heterocycles. The molecule has 4 aromatic rings. The number of benzene rings is 2. The van der Waals surface area contributed by atoms with E-state index in [9.17, 15) is 0 Å². The summed E-state index contributed by atoms with van der Waals surface area (Å²) in [6, 6.07) is 12.6. The van der Waals surface area contributed by atoms with Crippen molar-refractivity contribution in [2.75, 3.05) is 0 Å². The number of fused-ring (bicyclic) bond motifs is 5. The van der Waals surface area contributed by atoms with E-state index >= 15 is 0 Å². The molecule has 0 atom stereocenters. The molecule has 0 spiro atoms. The third-order valence-corrected chi connectivity index (χ3v) is 3.14. The first-order valence-electron chi connectivity index (χ1n) is 5.29. The van der Waals surface area contributed by atoms with Crippen LogP contribution in [0.25, 0.3) is 32.6 Å². The first kappa shape index (κ1) is 7.99. The second-order valence-corrected chi connectivity index (χ2v) is 4.03. The van der Waals surface area contributed by atoms with Crippen LogP contribution < -0.4 is 0 Å². The van der Waals surface area contributed by atoms with Crippen molar-refractivity contribution < 1.29 is 4.42 Å². The monoisotopic (exact) mass is 207 g/mol. The van der Waals surface area contributed by atoms with E-state index in [0.717, 1.165) is 16.3 Å². The largest absolute Gasteiger partial charge is 0.471 e. The topological polar surface area (TPSA) is 28.9 Å². The Morgan fingerprint density at radius 1 is 0.812 bits per heavy atom. The lowest BCUT2D eigenvalue weighted by atomic mass is 10.1. The number of furan rings is 1. The summed E-state index contributed by atoms with van der Waals surface area (Å²) in [5, 5.41) is 4.80. The second kappa shape index (κ2) is 2.67. The average molecular weight is 207 g/mol. The fraction of sp³-hybridized carbons (Fsp3) is 0. The predicted octanol–water partition coefficient (Wildman–Crippen LogP) is 4.07. The summed E-state index contributed by atoms with van der Waals surface area (Å²) in [4.78, 5) is 3.45. The molecule has 2 heterocycles. The molecule has 0 fully saturated rings. The van der Waals surface area contributed by atoms with Crippen LogP contribution in [0.1, 0.15) is 0 Å². The van der Waals surface area contributed by atoms with Gasteiger partial charge in [0.05, 0.1) is 11.8 Å². The van der Waals surface area contributed by atoms with E-state index in [0.29, 0.717) is 0 Å². The van der Waals surface area contributed by atoms with Crippen LogP contribution in [0, 0.1) is 0 Å². The lowest BCUT2D eigenvalue weighted by molar-refractivity contribution is 0.572. The number of H-pyrrole nitrogens is 1. The summed E-state index contributed by atoms with van der Waals surface area (Å²) < 4.78 is 5.25. The molecule has 0 saturated carbocycles. The molecule has 2 nitrogen and oxygen atoms in total. The van der Waals surface area contributed by atoms with Crippen LogP contribution in [0.2, 0.25) is 0 Å². The van der Waals surface area contributed by atoms with Gasteiger partial charge in [0.15, 0.2) is 0 Å². The summed E-state index contributed by atoms with van der Waals surface area (Å²) in [6.45, 7) is 0. The summed E-state index contributed by atoms with van der Waals surface area (Å²) in [5.74, 6) is 0. The molecule has 0 aliphatic heterocycles. The van der Waals surface area contributed by atoms with Gasteiger partial charge in [0.1, 0.15) is 6.26 Å². The van der Waals surface area contributed by atoms with Gasteiger partial charge in [0, 0.05) is 27.1 Å². The van der Waals surface area contributed by atoms with E-state index < -0.39 is 0 Å². The molecule has 1 N–H and O–H groups in total. The number of hydrogen-bond donors (Lipinski definition) is 1. The molecule has 76 valence electrons. The van der Waals surface area contributed by atoms with Crippen LogP contribution in [0.4, 0.5) is 0 Å². The highest BCUT2D eigenvalue weighted by molar-refractivity contribution is 6.16. The fourth-order valence-electron chi connectivity index (χ4n) is 2.36. The van der Waals surface area contributed by atoms with Crippen LogP contribution >= 0.6 is 0 Å². The first-order valence-corrected chi connectivity index (χ1v) is 5.29. The summed E-state index contributed by atoms with van der Waals surface area (Å²) in [5.41, 5.74) is 2.33. The van der Waals surface area contributed by atoms with Crippen molar-refractivity contribution in [1.29, 1.82) is 0 Å². The summed E-state index contributed by atoms with van der Waals surface area (Å²) in [6.07, 6.45) is 3.58. The van der Waals surface area contributed by atoms with Crippen molar-refractivity contribution in [3.63, 3.8) is 0 Å². The standard InChI is InChI=1S/C14H9NO/c1-2-4-13-10(3-1)11-6-5-9-7-16-8-12(9)14(11)15-13/h1-8,15H. The van der Waals surface area contributed by atoms with E-state index in [2.05, 4.69) is 35.3 Å². The second-order valence-electron chi connectivity index (χ2n) is 4.03. The van der Waals surface area contributed by atoms with Crippen molar-refractivity contribution in [2.45, 2.75) is 0 Å². The van der Waals surface area contributed by atoms with Gasteiger partial charge in [-0.1, -0.05) is 30.3 Å². The Balaban J connectivity index is 2.38. The number of hydrogen-bond acceptors (Lipinski definition) is 1. The molecule has 0 bridgehead atoms. The molecule has 0 aliphatic rings. The highest BCUT2D eigenvalue weighted by Crippen LogP contribution is 2.31. The van der Waals surface area contributed by atoms with Crippen molar-refractivity contribution in [3.05, 3.63) is 48.9 Å². The van der Waals surface area contributed by atoms with Gasteiger partial charge in [-0.3, -0.25) is 0 Å². The molecule has 0 amide bonds. The van der Waals surface area contributed by atoms with Crippen LogP contribution in [-0.2, 0) is 0 Å². The van der Waals surface area contributed by atoms with E-state index in [1.807, 2.05) is 6.07 Å². The fourth-order valence-corrected chi connectivity index (χ4v) is 2.36. The van der Waals surface area contributed by atoms with Gasteiger partial charge < -0.3 is 9.40 Å². The number of rotatable bonds is 0. The molecule has 2 heteroatoms. The van der Waals surface area contributed by atoms with Crippen molar-refractivity contribution in [3.8, 4) is 0 Å². The number of aromatic nitrogens is 1. The Hall–Kier alpha value is -2.22. The Morgan fingerprint density at radius 2 is 1.75 bits per heavy atom. The van der Waals surface area contributed by atoms with Crippen molar-refractivity contribution in [1.82, 2.24) is 4.98 Å². The van der Waals surface area contributed by atoms with Gasteiger partial charge in [0.25, 0.3) is 0 Å². The van der Waals surface area contributed by atoms with Crippen LogP contribution in [0.3, 0.4) is 0 Å². The lowest BCUT2D eigenvalue weighted by Gasteiger charge is -1.91. The molecule has 4 rings (SSSR count). The minimum Gasteiger partial charge on any atom is -0.471 e. The summed E-state index contributed by atoms with van der Waals surface area (Å²) in [7, 11) is 0. The number of para-hydroxylation sites is 1. The molecular formula is C14H9NO. The van der Waals surface area contributed by atoms with Crippen molar-refractivity contribution in [2.24, 2.45) is 0 Å². The summed E-state index contributed by atoms with van der Waals surface area (Å²) >= 11 is 0. The zero-order chi connectivity index (χ0) is 10.5. The van der Waals surface area contributed by atoms with E-state index in [1.165, 1.54) is 16.3 Å². The molecule has 16 heavy (non-hydrogen) atoms. The number of nitrogens with one attached hydrogen (secondary N) is 1. The molecular weight excluding hydrogens is 198 g/mol. The maximum atomic E-state index is 5.25. The SMILES string of the molecule is c1ccc2c(c1)[nH]c1c3cocc3ccc21. The minimum atomic E-state index is 1.14. The van der Waals surface area contributed by atoms with E-state index in [-0.39, 0.29) is 0 Å². The maximum absolute atomic E-state index is 5.25. The van der Waals surface area contributed by atoms with Gasteiger partial charge in [-0.05, 0) is 6.07 Å². The Labute approximate surface area is 91.5 Å². The van der Waals surface area contributed by atoms with Crippen LogP contribution in [-0.4, -0.2) is 4.98 Å². The Kier molecular flexibility index (Phi) is 1.33. The molecule has 0 unspecified atom stereocenters. The normalized spacial score (nSPS) is 11.8. The number of aromatic amines is 1. The van der Waals surface area contributed by atoms with Gasteiger partial charge in [0.2, 0.25) is 0 Å². The zero-order valence-electron chi connectivity index (χ0n) is 8.53. The zero-order valence-corrected chi connectivity index (χ0v) is 8.53. The van der Waals surface area contributed by atoms with Crippen LogP contribution in [0.15, 0.2) is 53.3 Å². The van der Waals surface area contributed by atoms with E-state index in [4.69, 9.17) is 4.42 Å². The highest BCUT2D eigenvalue weighted by Gasteiger charge is 2.07. The Morgan fingerprint density at radius 3 is 2.75 bits per heavy atom. The third kappa shape index (κ3) is 0.865. The van der Waals surface area contributed by atoms with Gasteiger partial charge in [-0.25, -0.2) is 0 Å². The van der Waals surface area contributed by atoms with E-state index in [1.54, 1.807) is 12.5 Å². The maximum Gasteiger partial charge on any atom is 0.100 e. The third-order valence-electron chi connectivity index (χ3n) is 3.14. The van der Waals surface area contributed by atoms with Crippen molar-refractivity contribution >= 4 is 32.6 Å². The average Bonchev–Trinajstić information content (AvgIpc) is 2.92. The first-order chi connectivity index (χ1) is 7.93. The van der Waals surface area contributed by atoms with Gasteiger partial charge in [-0.15, -0.1) is 0 Å². The highest BCUT2D eigenvalue weighted by atomic mass is 16.3.